The van der Waals surface area contributed by atoms with Crippen LogP contribution in [0.1, 0.15) is 53.9 Å². The molecule has 6 N–H and O–H groups in total. The Bertz CT molecular complexity index is 1590. The van der Waals surface area contributed by atoms with E-state index in [9.17, 15) is 34.8 Å². The zero-order valence-electron chi connectivity index (χ0n) is 24.3. The highest BCUT2D eigenvalue weighted by atomic mass is 16.3. The summed E-state index contributed by atoms with van der Waals surface area (Å²) in [7, 11) is 3.79. The molecule has 1 unspecified atom stereocenters. The summed E-state index contributed by atoms with van der Waals surface area (Å²) in [5.74, 6) is -5.74. The van der Waals surface area contributed by atoms with Crippen LogP contribution in [-0.2, 0) is 27.3 Å². The molecule has 2 fully saturated rings. The molecule has 2 aromatic carbocycles. The van der Waals surface area contributed by atoms with Crippen LogP contribution in [0.3, 0.4) is 0 Å². The molecule has 1 saturated heterocycles. The lowest BCUT2D eigenvalue weighted by molar-refractivity contribution is -0.147. The van der Waals surface area contributed by atoms with Gasteiger partial charge in [-0.25, -0.2) is 0 Å². The number of ketones is 2. The van der Waals surface area contributed by atoms with Gasteiger partial charge in [0, 0.05) is 44.2 Å². The van der Waals surface area contributed by atoms with E-state index < -0.39 is 52.0 Å². The maximum Gasteiger partial charge on any atom is 0.255 e. The number of fused-ring (bicyclic) bond motifs is 3. The molecule has 4 aliphatic rings. The standard InChI is InChI=1S/C33H37N3O7/c1-35(2)28-20(16-36-10-8-18(9-11-36)17-6-4-3-5-7-17)14-23(37)26-22(28)13-19-12-21-15-24(38)27(32(34)42)31(41)33(21,43)30(40)25(19)29(26)39/h3-7,14,18-19,21,37,39,41,43H,8-13,15-16H2,1-2H3,(H2,34,42)/t19?,21-,33-/m0/s1. The first-order chi connectivity index (χ1) is 20.4. The van der Waals surface area contributed by atoms with Crippen LogP contribution in [0.4, 0.5) is 5.69 Å². The van der Waals surface area contributed by atoms with Crippen LogP contribution < -0.4 is 10.6 Å². The number of nitrogens with two attached hydrogens (primary N) is 1. The Hall–Kier alpha value is -4.15. The van der Waals surface area contributed by atoms with Crippen molar-refractivity contribution in [2.75, 3.05) is 32.1 Å². The molecule has 6 rings (SSSR count). The van der Waals surface area contributed by atoms with Crippen molar-refractivity contribution >= 4 is 28.9 Å². The fraction of sp³-hybridized carbons (Fsp3) is 0.424. The number of aliphatic hydroxyl groups is 3. The number of hydrogen-bond acceptors (Lipinski definition) is 9. The van der Waals surface area contributed by atoms with Gasteiger partial charge in [0.25, 0.3) is 5.91 Å². The van der Waals surface area contributed by atoms with Gasteiger partial charge in [-0.05, 0) is 73.4 Å². The Morgan fingerprint density at radius 2 is 1.72 bits per heavy atom. The van der Waals surface area contributed by atoms with Gasteiger partial charge in [-0.2, -0.15) is 0 Å². The summed E-state index contributed by atoms with van der Waals surface area (Å²) in [5, 5.41) is 45.0. The van der Waals surface area contributed by atoms with Gasteiger partial charge in [0.15, 0.2) is 11.4 Å². The summed E-state index contributed by atoms with van der Waals surface area (Å²) in [5.41, 5.74) is 5.67. The third-order valence-electron chi connectivity index (χ3n) is 9.81. The van der Waals surface area contributed by atoms with E-state index >= 15 is 0 Å². The van der Waals surface area contributed by atoms with Gasteiger partial charge in [-0.1, -0.05) is 30.3 Å². The summed E-state index contributed by atoms with van der Waals surface area (Å²) >= 11 is 0. The van der Waals surface area contributed by atoms with Crippen molar-refractivity contribution in [2.24, 2.45) is 17.6 Å². The Morgan fingerprint density at radius 1 is 1.05 bits per heavy atom. The lowest BCUT2D eigenvalue weighted by atomic mass is 9.59. The van der Waals surface area contributed by atoms with Crippen molar-refractivity contribution in [3.8, 4) is 5.75 Å². The number of rotatable bonds is 5. The fourth-order valence-corrected chi connectivity index (χ4v) is 7.81. The number of hydrogen-bond donors (Lipinski definition) is 5. The van der Waals surface area contributed by atoms with E-state index in [0.29, 0.717) is 18.0 Å². The van der Waals surface area contributed by atoms with Gasteiger partial charge in [0.1, 0.15) is 22.8 Å². The largest absolute Gasteiger partial charge is 0.508 e. The van der Waals surface area contributed by atoms with Crippen molar-refractivity contribution in [2.45, 2.75) is 50.2 Å². The first-order valence-electron chi connectivity index (χ1n) is 14.7. The number of carbonyl (C=O) groups excluding carboxylic acids is 3. The summed E-state index contributed by atoms with van der Waals surface area (Å²) in [6.45, 7) is 2.40. The van der Waals surface area contributed by atoms with E-state index in [0.717, 1.165) is 37.2 Å². The lowest BCUT2D eigenvalue weighted by Gasteiger charge is -2.46. The number of anilines is 1. The SMILES string of the molecule is CN(C)c1c(CN2CCC(c3ccccc3)CC2)cc(O)c2c1CC1C[C@H]3CC(=O)C(C(N)=O)=C(O)[C@@]3(O)C(=O)C1=C2O. The first-order valence-corrected chi connectivity index (χ1v) is 14.7. The van der Waals surface area contributed by atoms with Crippen molar-refractivity contribution in [3.05, 3.63) is 75.6 Å². The lowest BCUT2D eigenvalue weighted by Crippen LogP contribution is -2.58. The van der Waals surface area contributed by atoms with Crippen LogP contribution in [0.5, 0.6) is 5.75 Å². The molecule has 1 heterocycles. The van der Waals surface area contributed by atoms with Gasteiger partial charge in [-0.3, -0.25) is 19.3 Å². The minimum Gasteiger partial charge on any atom is -0.508 e. The summed E-state index contributed by atoms with van der Waals surface area (Å²) < 4.78 is 0. The number of aliphatic hydroxyl groups excluding tert-OH is 2. The fourth-order valence-electron chi connectivity index (χ4n) is 7.81. The number of likely N-dealkylation sites (tertiary alicyclic amines) is 1. The van der Waals surface area contributed by atoms with Gasteiger partial charge in [-0.15, -0.1) is 0 Å². The molecule has 1 saturated carbocycles. The van der Waals surface area contributed by atoms with E-state index in [1.54, 1.807) is 6.07 Å². The molecule has 226 valence electrons. The second kappa shape index (κ2) is 10.5. The van der Waals surface area contributed by atoms with Crippen molar-refractivity contribution < 1.29 is 34.8 Å². The summed E-state index contributed by atoms with van der Waals surface area (Å²) in [4.78, 5) is 42.6. The smallest absolute Gasteiger partial charge is 0.255 e. The molecule has 43 heavy (non-hydrogen) atoms. The first kappa shape index (κ1) is 28.9. The molecular weight excluding hydrogens is 550 g/mol. The summed E-state index contributed by atoms with van der Waals surface area (Å²) in [6.07, 6.45) is 2.09. The number of piperidine rings is 1. The predicted octanol–water partition coefficient (Wildman–Crippen LogP) is 2.87. The maximum atomic E-state index is 13.8. The number of amides is 1. The molecule has 0 aromatic heterocycles. The molecule has 10 heteroatoms. The number of benzene rings is 2. The second-order valence-electron chi connectivity index (χ2n) is 12.5. The monoisotopic (exact) mass is 587 g/mol. The molecule has 1 amide bonds. The zero-order chi connectivity index (χ0) is 30.8. The quantitative estimate of drug-likeness (QED) is 0.331. The van der Waals surface area contributed by atoms with E-state index in [-0.39, 0.29) is 36.1 Å². The van der Waals surface area contributed by atoms with Crippen LogP contribution >= 0.6 is 0 Å². The van der Waals surface area contributed by atoms with Crippen LogP contribution in [0.2, 0.25) is 0 Å². The Morgan fingerprint density at radius 3 is 2.35 bits per heavy atom. The zero-order valence-corrected chi connectivity index (χ0v) is 24.3. The van der Waals surface area contributed by atoms with E-state index in [1.807, 2.05) is 25.1 Å². The molecule has 2 aromatic rings. The third kappa shape index (κ3) is 4.51. The molecule has 1 aliphatic heterocycles. The number of primary amides is 1. The number of nitrogens with zero attached hydrogens (tertiary/aromatic N) is 2. The van der Waals surface area contributed by atoms with E-state index in [1.165, 1.54) is 5.56 Å². The highest BCUT2D eigenvalue weighted by molar-refractivity contribution is 6.22. The van der Waals surface area contributed by atoms with Crippen molar-refractivity contribution in [3.63, 3.8) is 0 Å². The average Bonchev–Trinajstić information content (AvgIpc) is 2.95. The normalized spacial score (nSPS) is 26.2. The number of aromatic hydroxyl groups is 1. The number of Topliss-reactive ketones (excluding diaryl/α,β-unsaturated/α-hetero) is 2. The molecule has 0 radical (unpaired) electrons. The Balaban J connectivity index is 1.35. The second-order valence-corrected chi connectivity index (χ2v) is 12.5. The topological polar surface area (TPSA) is 165 Å². The number of phenols is 1. The van der Waals surface area contributed by atoms with E-state index in [4.69, 9.17) is 5.73 Å². The van der Waals surface area contributed by atoms with Crippen molar-refractivity contribution in [1.29, 1.82) is 0 Å². The van der Waals surface area contributed by atoms with Gasteiger partial charge in [0.05, 0.1) is 5.56 Å². The van der Waals surface area contributed by atoms with Crippen LogP contribution in [0.25, 0.3) is 5.76 Å². The number of phenolic OH excluding ortho intramolecular Hbond substituents is 1. The molecule has 10 nitrogen and oxygen atoms in total. The van der Waals surface area contributed by atoms with Gasteiger partial charge >= 0.3 is 0 Å². The van der Waals surface area contributed by atoms with Crippen molar-refractivity contribution in [1.82, 2.24) is 4.90 Å². The van der Waals surface area contributed by atoms with Crippen LogP contribution in [0, 0.1) is 11.8 Å². The van der Waals surface area contributed by atoms with Crippen LogP contribution in [-0.4, -0.2) is 75.6 Å². The molecule has 0 bridgehead atoms. The minimum atomic E-state index is -2.57. The highest BCUT2D eigenvalue weighted by Gasteiger charge is 2.60. The molecule has 0 spiro atoms. The number of carbonyl (C=O) groups is 3. The predicted molar refractivity (Wildman–Crippen MR) is 159 cm³/mol. The molecule has 3 atom stereocenters. The molecular formula is C33H37N3O7. The Kier molecular flexibility index (Phi) is 7.09. The Labute approximate surface area is 249 Å². The molecule has 3 aliphatic carbocycles. The highest BCUT2D eigenvalue weighted by Crippen LogP contribution is 2.53. The summed E-state index contributed by atoms with van der Waals surface area (Å²) in [6, 6.07) is 12.1. The van der Waals surface area contributed by atoms with E-state index in [2.05, 4.69) is 29.2 Å². The van der Waals surface area contributed by atoms with Crippen LogP contribution in [0.15, 0.2) is 53.3 Å². The van der Waals surface area contributed by atoms with Gasteiger partial charge < -0.3 is 31.1 Å². The van der Waals surface area contributed by atoms with Gasteiger partial charge in [0.2, 0.25) is 5.78 Å². The minimum absolute atomic E-state index is 0.105. The maximum absolute atomic E-state index is 13.8. The average molecular weight is 588 g/mol. The third-order valence-corrected chi connectivity index (χ3v) is 9.81.